The number of unbranched alkanes of at least 4 members (excludes halogenated alkanes) is 7. The molecule has 1 aliphatic heterocycles. The highest BCUT2D eigenvalue weighted by Crippen LogP contribution is 2.65. The highest BCUT2D eigenvalue weighted by atomic mass is 16.6. The number of allylic oxidation sites excluding steroid dienone is 3. The number of Topliss-reactive ketones (excluding diaryl/α,β-unsaturated/α-hetero) is 1. The van der Waals surface area contributed by atoms with Crippen molar-refractivity contribution in [2.75, 3.05) is 6.61 Å². The molecule has 0 amide bonds. The lowest BCUT2D eigenvalue weighted by Gasteiger charge is -2.57. The number of aliphatic hydroxyl groups excluding tert-OH is 2. The fourth-order valence-electron chi connectivity index (χ4n) is 7.89. The van der Waals surface area contributed by atoms with Gasteiger partial charge in [0.05, 0.1) is 18.1 Å². The zero-order valence-corrected chi connectivity index (χ0v) is 26.0. The number of fused-ring (bicyclic) bond motifs is 5. The fourth-order valence-corrected chi connectivity index (χ4v) is 7.89. The van der Waals surface area contributed by atoms with Crippen LogP contribution in [-0.2, 0) is 19.1 Å². The number of aliphatic hydroxyl groups is 5. The standard InChI is InChI=1S/C34H50O9/c1-6-7-8-9-10-11-12-13-14-15-16-17-25(36)42-28-26-29-32(20-35,43-29)30(38)34(41)24(18-22(4)27(34)37)33(26,40)23(5)19-31(28,39)21(2)3/h14-18,23-24,26,28-30,35,38-41H,2,6-13,19-20H2,1,3-5H3/b15-14+,17-16+/t23-,24+,26?,28-,29+,30-,31-,32+,33+,34-/m1/s1. The summed E-state index contributed by atoms with van der Waals surface area (Å²) in [5.74, 6) is -4.83. The molecule has 3 fully saturated rings. The topological polar surface area (TPSA) is 157 Å². The average Bonchev–Trinajstić information content (AvgIpc) is 3.65. The van der Waals surface area contributed by atoms with E-state index >= 15 is 0 Å². The maximum atomic E-state index is 13.3. The SMILES string of the molecule is C=C(C)[C@]1(O)C[C@@H](C)[C@@]2(O)C([C@H]1OC(=O)/C=C/C=C/CCCCCCCCC)[C@@H]1O[C@]1(CO)[C@@H](O)[C@]1(O)C(=O)C(C)=C[C@H]12. The van der Waals surface area contributed by atoms with Crippen LogP contribution in [0.15, 0.2) is 48.1 Å². The van der Waals surface area contributed by atoms with Crippen molar-refractivity contribution >= 4 is 11.8 Å². The van der Waals surface area contributed by atoms with E-state index < -0.39 is 76.8 Å². The van der Waals surface area contributed by atoms with Crippen LogP contribution in [0.5, 0.6) is 0 Å². The molecule has 0 aromatic heterocycles. The first-order valence-electron chi connectivity index (χ1n) is 15.8. The highest BCUT2D eigenvalue weighted by Gasteiger charge is 2.83. The molecule has 0 bridgehead atoms. The zero-order valence-electron chi connectivity index (χ0n) is 26.0. The van der Waals surface area contributed by atoms with Crippen LogP contribution < -0.4 is 0 Å². The Morgan fingerprint density at radius 3 is 2.42 bits per heavy atom. The number of ketones is 1. The van der Waals surface area contributed by atoms with E-state index in [1.807, 2.05) is 6.08 Å². The van der Waals surface area contributed by atoms with Crippen molar-refractivity contribution in [1.29, 1.82) is 0 Å². The second-order valence-electron chi connectivity index (χ2n) is 13.3. The number of esters is 1. The van der Waals surface area contributed by atoms with E-state index in [9.17, 15) is 35.1 Å². The van der Waals surface area contributed by atoms with E-state index in [1.54, 1.807) is 26.0 Å². The Balaban J connectivity index is 1.57. The van der Waals surface area contributed by atoms with Gasteiger partial charge in [0.25, 0.3) is 0 Å². The van der Waals surface area contributed by atoms with E-state index in [-0.39, 0.29) is 12.0 Å². The summed E-state index contributed by atoms with van der Waals surface area (Å²) in [4.78, 5) is 26.4. The molecule has 9 heteroatoms. The lowest BCUT2D eigenvalue weighted by molar-refractivity contribution is -0.252. The summed E-state index contributed by atoms with van der Waals surface area (Å²) in [7, 11) is 0. The van der Waals surface area contributed by atoms with E-state index in [1.165, 1.54) is 51.2 Å². The van der Waals surface area contributed by atoms with Gasteiger partial charge in [0, 0.05) is 12.0 Å². The molecule has 9 nitrogen and oxygen atoms in total. The number of rotatable bonds is 13. The normalized spacial score (nSPS) is 41.9. The van der Waals surface area contributed by atoms with Crippen molar-refractivity contribution in [3.8, 4) is 0 Å². The number of carbonyl (C=O) groups excluding carboxylic acids is 2. The molecule has 4 aliphatic rings. The Bertz CT molecular complexity index is 1170. The highest BCUT2D eigenvalue weighted by molar-refractivity contribution is 6.05. The van der Waals surface area contributed by atoms with Gasteiger partial charge in [0.1, 0.15) is 29.5 Å². The molecule has 3 aliphatic carbocycles. The minimum atomic E-state index is -2.48. The third kappa shape index (κ3) is 5.51. The van der Waals surface area contributed by atoms with Crippen molar-refractivity contribution < 1.29 is 44.6 Å². The van der Waals surface area contributed by atoms with Crippen LogP contribution >= 0.6 is 0 Å². The molecule has 2 saturated carbocycles. The summed E-state index contributed by atoms with van der Waals surface area (Å²) in [6.07, 6.45) is 12.8. The lowest BCUT2D eigenvalue weighted by Crippen LogP contribution is -2.71. The van der Waals surface area contributed by atoms with Crippen LogP contribution in [0.4, 0.5) is 0 Å². The van der Waals surface area contributed by atoms with E-state index in [0.717, 1.165) is 19.3 Å². The number of hydrogen-bond acceptors (Lipinski definition) is 9. The summed E-state index contributed by atoms with van der Waals surface area (Å²) in [5.41, 5.74) is -7.60. The molecular formula is C34H50O9. The third-order valence-corrected chi connectivity index (χ3v) is 10.5. The first kappa shape index (κ1) is 33.7. The minimum Gasteiger partial charge on any atom is -0.455 e. The molecule has 1 unspecified atom stereocenters. The van der Waals surface area contributed by atoms with Crippen LogP contribution in [0, 0.1) is 17.8 Å². The first-order valence-corrected chi connectivity index (χ1v) is 15.8. The number of epoxide rings is 1. The van der Waals surface area contributed by atoms with Gasteiger partial charge >= 0.3 is 5.97 Å². The summed E-state index contributed by atoms with van der Waals surface area (Å²) >= 11 is 0. The van der Waals surface area contributed by atoms with Crippen LogP contribution in [-0.4, -0.2) is 84.6 Å². The van der Waals surface area contributed by atoms with E-state index in [2.05, 4.69) is 13.5 Å². The second-order valence-corrected chi connectivity index (χ2v) is 13.3. The molecule has 0 aromatic carbocycles. The molecule has 4 rings (SSSR count). The monoisotopic (exact) mass is 602 g/mol. The van der Waals surface area contributed by atoms with Crippen molar-refractivity contribution in [1.82, 2.24) is 0 Å². The predicted molar refractivity (Wildman–Crippen MR) is 161 cm³/mol. The zero-order chi connectivity index (χ0) is 31.8. The number of ether oxygens (including phenoxy) is 2. The quantitative estimate of drug-likeness (QED) is 0.0533. The van der Waals surface area contributed by atoms with E-state index in [4.69, 9.17) is 9.47 Å². The average molecular weight is 603 g/mol. The fraction of sp³-hybridized carbons (Fsp3) is 0.706. The van der Waals surface area contributed by atoms with Crippen LogP contribution in [0.1, 0.15) is 85.5 Å². The second kappa shape index (κ2) is 12.7. The van der Waals surface area contributed by atoms with Crippen molar-refractivity contribution in [2.45, 2.75) is 126 Å². The van der Waals surface area contributed by atoms with E-state index in [0.29, 0.717) is 5.57 Å². The maximum Gasteiger partial charge on any atom is 0.331 e. The Hall–Kier alpha value is -2.14. The molecule has 10 atom stereocenters. The van der Waals surface area contributed by atoms with Gasteiger partial charge in [-0.25, -0.2) is 4.79 Å². The van der Waals surface area contributed by atoms with Gasteiger partial charge in [-0.1, -0.05) is 83.3 Å². The van der Waals surface area contributed by atoms with Gasteiger partial charge in [-0.3, -0.25) is 4.79 Å². The van der Waals surface area contributed by atoms with Crippen LogP contribution in [0.25, 0.3) is 0 Å². The molecule has 1 heterocycles. The summed E-state index contributed by atoms with van der Waals surface area (Å²) in [6, 6.07) is 0. The van der Waals surface area contributed by atoms with Gasteiger partial charge < -0.3 is 35.0 Å². The van der Waals surface area contributed by atoms with Crippen molar-refractivity contribution in [3.63, 3.8) is 0 Å². The largest absolute Gasteiger partial charge is 0.455 e. The number of carbonyl (C=O) groups is 2. The van der Waals surface area contributed by atoms with Crippen molar-refractivity contribution in [2.24, 2.45) is 17.8 Å². The Morgan fingerprint density at radius 1 is 1.14 bits per heavy atom. The lowest BCUT2D eigenvalue weighted by atomic mass is 9.54. The molecule has 0 radical (unpaired) electrons. The summed E-state index contributed by atoms with van der Waals surface area (Å²) in [6.45, 7) is 10.1. The smallest absolute Gasteiger partial charge is 0.331 e. The molecule has 0 spiro atoms. The van der Waals surface area contributed by atoms with Gasteiger partial charge in [-0.15, -0.1) is 0 Å². The Labute approximate surface area is 255 Å². The predicted octanol–water partition coefficient (Wildman–Crippen LogP) is 3.23. The molecule has 1 saturated heterocycles. The molecule has 0 aromatic rings. The Morgan fingerprint density at radius 2 is 1.79 bits per heavy atom. The van der Waals surface area contributed by atoms with Gasteiger partial charge in [0.2, 0.25) is 0 Å². The minimum absolute atomic E-state index is 0.0993. The number of hydrogen-bond donors (Lipinski definition) is 5. The molecule has 43 heavy (non-hydrogen) atoms. The maximum absolute atomic E-state index is 13.3. The molecule has 5 N–H and O–H groups in total. The first-order chi connectivity index (χ1) is 20.3. The molecular weight excluding hydrogens is 552 g/mol. The summed E-state index contributed by atoms with van der Waals surface area (Å²) < 4.78 is 11.7. The van der Waals surface area contributed by atoms with Gasteiger partial charge in [-0.2, -0.15) is 0 Å². The van der Waals surface area contributed by atoms with Gasteiger partial charge in [-0.05, 0) is 50.2 Å². The third-order valence-electron chi connectivity index (χ3n) is 10.5. The Kier molecular flexibility index (Phi) is 9.96. The molecule has 240 valence electrons. The van der Waals surface area contributed by atoms with Crippen molar-refractivity contribution in [3.05, 3.63) is 48.1 Å². The van der Waals surface area contributed by atoms with Gasteiger partial charge in [0.15, 0.2) is 11.4 Å². The van der Waals surface area contributed by atoms with Crippen LogP contribution in [0.2, 0.25) is 0 Å². The summed E-state index contributed by atoms with van der Waals surface area (Å²) in [5, 5.41) is 58.0. The van der Waals surface area contributed by atoms with Crippen LogP contribution in [0.3, 0.4) is 0 Å².